The minimum absolute atomic E-state index is 0.0129. The van der Waals surface area contributed by atoms with Crippen LogP contribution in [0.3, 0.4) is 0 Å². The van der Waals surface area contributed by atoms with Gasteiger partial charge in [-0.1, -0.05) is 20.8 Å². The van der Waals surface area contributed by atoms with Crippen LogP contribution < -0.4 is 5.32 Å². The quantitative estimate of drug-likeness (QED) is 0.670. The van der Waals surface area contributed by atoms with Gasteiger partial charge in [-0.25, -0.2) is 4.98 Å². The van der Waals surface area contributed by atoms with Crippen molar-refractivity contribution in [3.8, 4) is 0 Å². The second-order valence-corrected chi connectivity index (χ2v) is 9.10. The summed E-state index contributed by atoms with van der Waals surface area (Å²) in [6.45, 7) is 13.5. The molecule has 22 heavy (non-hydrogen) atoms. The normalized spacial score (nSPS) is 19.4. The van der Waals surface area contributed by atoms with Crippen molar-refractivity contribution in [1.29, 1.82) is 0 Å². The largest absolute Gasteiger partial charge is 0.443 e. The summed E-state index contributed by atoms with van der Waals surface area (Å²) >= 11 is 2.02. The number of nitrogens with zero attached hydrogens (tertiary/aromatic N) is 3. The molecular weight excluding hydrogens is 296 g/mol. The van der Waals surface area contributed by atoms with Crippen molar-refractivity contribution >= 4 is 17.7 Å². The number of aliphatic imine (C=N–C) groups is 1. The third kappa shape index (κ3) is 4.41. The summed E-state index contributed by atoms with van der Waals surface area (Å²) in [5, 5.41) is 3.37. The highest BCUT2D eigenvalue weighted by Crippen LogP contribution is 2.29. The average molecular weight is 324 g/mol. The molecule has 1 aliphatic rings. The monoisotopic (exact) mass is 324 g/mol. The Balaban J connectivity index is 1.96. The van der Waals surface area contributed by atoms with E-state index in [-0.39, 0.29) is 10.2 Å². The molecule has 0 atom stereocenters. The molecule has 0 amide bonds. The van der Waals surface area contributed by atoms with E-state index in [0.717, 1.165) is 30.6 Å². The number of nitrogens with one attached hydrogen (secondary N) is 1. The molecule has 124 valence electrons. The van der Waals surface area contributed by atoms with Gasteiger partial charge in [-0.2, -0.15) is 11.8 Å². The molecule has 6 heteroatoms. The van der Waals surface area contributed by atoms with E-state index in [1.807, 2.05) is 25.0 Å². The van der Waals surface area contributed by atoms with Crippen molar-refractivity contribution in [2.75, 3.05) is 25.9 Å². The molecule has 1 aliphatic heterocycles. The van der Waals surface area contributed by atoms with Gasteiger partial charge in [0.1, 0.15) is 5.76 Å². The van der Waals surface area contributed by atoms with Crippen molar-refractivity contribution in [2.24, 2.45) is 4.99 Å². The fourth-order valence-corrected chi connectivity index (χ4v) is 3.53. The lowest BCUT2D eigenvalue weighted by Crippen LogP contribution is -2.50. The highest BCUT2D eigenvalue weighted by molar-refractivity contribution is 8.00. The molecule has 0 aliphatic carbocycles. The standard InChI is InChI=1S/C16H28N4OS/c1-15(2,3)12-9-18-13(21-12)10-19-14(17-6)20-7-8-22-16(4,5)11-20/h9H,7-8,10-11H2,1-6H3,(H,17,19). The number of thioether (sulfide) groups is 1. The van der Waals surface area contributed by atoms with Gasteiger partial charge >= 0.3 is 0 Å². The second-order valence-electron chi connectivity index (χ2n) is 7.30. The molecule has 1 aromatic heterocycles. The smallest absolute Gasteiger partial charge is 0.213 e. The highest BCUT2D eigenvalue weighted by atomic mass is 32.2. The molecule has 0 saturated carbocycles. The number of hydrogen-bond donors (Lipinski definition) is 1. The molecule has 0 aromatic carbocycles. The Kier molecular flexibility index (Phi) is 5.10. The summed E-state index contributed by atoms with van der Waals surface area (Å²) in [5.41, 5.74) is -0.0129. The lowest BCUT2D eigenvalue weighted by Gasteiger charge is -2.39. The molecule has 0 radical (unpaired) electrons. The molecule has 1 fully saturated rings. The Morgan fingerprint density at radius 2 is 2.23 bits per heavy atom. The minimum atomic E-state index is -0.0129. The lowest BCUT2D eigenvalue weighted by atomic mass is 9.94. The zero-order chi connectivity index (χ0) is 16.4. The van der Waals surface area contributed by atoms with Crippen LogP contribution in [0.5, 0.6) is 0 Å². The van der Waals surface area contributed by atoms with Gasteiger partial charge in [0.05, 0.1) is 12.7 Å². The van der Waals surface area contributed by atoms with Crippen molar-refractivity contribution in [1.82, 2.24) is 15.2 Å². The van der Waals surface area contributed by atoms with Gasteiger partial charge in [-0.05, 0) is 13.8 Å². The fraction of sp³-hybridized carbons (Fsp3) is 0.750. The van der Waals surface area contributed by atoms with Gasteiger partial charge in [-0.15, -0.1) is 0 Å². The Morgan fingerprint density at radius 1 is 1.50 bits per heavy atom. The third-order valence-electron chi connectivity index (χ3n) is 3.63. The van der Waals surface area contributed by atoms with E-state index in [2.05, 4.69) is 54.8 Å². The maximum atomic E-state index is 5.82. The molecule has 1 aromatic rings. The van der Waals surface area contributed by atoms with Crippen LogP contribution >= 0.6 is 11.8 Å². The molecule has 0 unspecified atom stereocenters. The van der Waals surface area contributed by atoms with E-state index in [1.165, 1.54) is 0 Å². The number of guanidine groups is 1. The summed E-state index contributed by atoms with van der Waals surface area (Å²) in [6.07, 6.45) is 1.82. The Bertz CT molecular complexity index is 530. The Morgan fingerprint density at radius 3 is 2.77 bits per heavy atom. The maximum absolute atomic E-state index is 5.82. The first kappa shape index (κ1) is 17.2. The van der Waals surface area contributed by atoms with E-state index in [4.69, 9.17) is 4.42 Å². The van der Waals surface area contributed by atoms with Crippen molar-refractivity contribution in [2.45, 2.75) is 51.3 Å². The van der Waals surface area contributed by atoms with Gasteiger partial charge in [-0.3, -0.25) is 4.99 Å². The van der Waals surface area contributed by atoms with Gasteiger partial charge < -0.3 is 14.6 Å². The summed E-state index contributed by atoms with van der Waals surface area (Å²) in [5.74, 6) is 3.66. The molecule has 1 saturated heterocycles. The van der Waals surface area contributed by atoms with Crippen molar-refractivity contribution < 1.29 is 4.42 Å². The molecule has 5 nitrogen and oxygen atoms in total. The van der Waals surface area contributed by atoms with Crippen molar-refractivity contribution in [3.63, 3.8) is 0 Å². The number of oxazole rings is 1. The predicted octanol–water partition coefficient (Wildman–Crippen LogP) is 2.87. The molecular formula is C16H28N4OS. The topological polar surface area (TPSA) is 53.7 Å². The molecule has 1 N–H and O–H groups in total. The van der Waals surface area contributed by atoms with E-state index < -0.39 is 0 Å². The highest BCUT2D eigenvalue weighted by Gasteiger charge is 2.28. The first-order chi connectivity index (χ1) is 10.2. The summed E-state index contributed by atoms with van der Waals surface area (Å²) in [4.78, 5) is 11.1. The van der Waals surface area contributed by atoms with Crippen LogP contribution in [0.25, 0.3) is 0 Å². The Hall–Kier alpha value is -1.17. The van der Waals surface area contributed by atoms with Crippen LogP contribution in [0.4, 0.5) is 0 Å². The SMILES string of the molecule is CN=C(NCc1ncc(C(C)(C)C)o1)N1CCSC(C)(C)C1. The van der Waals surface area contributed by atoms with E-state index in [9.17, 15) is 0 Å². The van der Waals surface area contributed by atoms with E-state index in [1.54, 1.807) is 0 Å². The third-order valence-corrected chi connectivity index (χ3v) is 4.92. The molecule has 2 heterocycles. The van der Waals surface area contributed by atoms with Crippen LogP contribution in [0.15, 0.2) is 15.6 Å². The Labute approximate surface area is 138 Å². The first-order valence-electron chi connectivity index (χ1n) is 7.76. The molecule has 2 rings (SSSR count). The van der Waals surface area contributed by atoms with Crippen LogP contribution in [0.1, 0.15) is 46.3 Å². The zero-order valence-corrected chi connectivity index (χ0v) is 15.4. The first-order valence-corrected chi connectivity index (χ1v) is 8.74. The van der Waals surface area contributed by atoms with Crippen LogP contribution in [-0.4, -0.2) is 46.5 Å². The number of aromatic nitrogens is 1. The summed E-state index contributed by atoms with van der Waals surface area (Å²) in [7, 11) is 1.83. The van der Waals surface area contributed by atoms with E-state index in [0.29, 0.717) is 12.4 Å². The van der Waals surface area contributed by atoms with Crippen molar-refractivity contribution in [3.05, 3.63) is 17.8 Å². The maximum Gasteiger partial charge on any atom is 0.213 e. The minimum Gasteiger partial charge on any atom is -0.443 e. The van der Waals surface area contributed by atoms with E-state index >= 15 is 0 Å². The average Bonchev–Trinajstić information content (AvgIpc) is 2.87. The van der Waals surface area contributed by atoms with Gasteiger partial charge in [0.25, 0.3) is 0 Å². The summed E-state index contributed by atoms with van der Waals surface area (Å²) < 4.78 is 6.08. The number of rotatable bonds is 2. The van der Waals surface area contributed by atoms with Crippen LogP contribution in [-0.2, 0) is 12.0 Å². The lowest BCUT2D eigenvalue weighted by molar-refractivity contribution is 0.361. The van der Waals surface area contributed by atoms with Crippen LogP contribution in [0, 0.1) is 0 Å². The molecule has 0 bridgehead atoms. The fourth-order valence-electron chi connectivity index (χ4n) is 2.42. The van der Waals surface area contributed by atoms with Gasteiger partial charge in [0, 0.05) is 36.1 Å². The number of hydrogen-bond acceptors (Lipinski definition) is 4. The predicted molar refractivity (Wildman–Crippen MR) is 93.5 cm³/mol. The molecule has 0 spiro atoms. The van der Waals surface area contributed by atoms with Crippen LogP contribution in [0.2, 0.25) is 0 Å². The van der Waals surface area contributed by atoms with Gasteiger partial charge in [0.15, 0.2) is 5.96 Å². The zero-order valence-electron chi connectivity index (χ0n) is 14.6. The van der Waals surface area contributed by atoms with Gasteiger partial charge in [0.2, 0.25) is 5.89 Å². The second kappa shape index (κ2) is 6.52. The summed E-state index contributed by atoms with van der Waals surface area (Å²) in [6, 6.07) is 0.